The van der Waals surface area contributed by atoms with Crippen LogP contribution >= 0.6 is 0 Å². The van der Waals surface area contributed by atoms with Gasteiger partial charge in [-0.1, -0.05) is 24.3 Å². The molecule has 2 N–H and O–H groups in total. The van der Waals surface area contributed by atoms with Gasteiger partial charge < -0.3 is 15.5 Å². The van der Waals surface area contributed by atoms with E-state index in [0.717, 1.165) is 37.4 Å². The van der Waals surface area contributed by atoms with Crippen LogP contribution in [0.15, 0.2) is 48.5 Å². The highest BCUT2D eigenvalue weighted by atomic mass is 16.2. The molecule has 0 spiro atoms. The fraction of sp³-hybridized carbons (Fsp3) is 0.278. The molecule has 114 valence electrons. The van der Waals surface area contributed by atoms with Gasteiger partial charge in [-0.2, -0.15) is 0 Å². The first-order valence-electron chi connectivity index (χ1n) is 7.60. The van der Waals surface area contributed by atoms with Crippen LogP contribution < -0.4 is 10.6 Å². The van der Waals surface area contributed by atoms with Crippen molar-refractivity contribution in [1.29, 1.82) is 0 Å². The summed E-state index contributed by atoms with van der Waals surface area (Å²) in [7, 11) is 0. The average Bonchev–Trinajstić information content (AvgIpc) is 2.57. The smallest absolute Gasteiger partial charge is 0.253 e. The lowest BCUT2D eigenvalue weighted by atomic mass is 10.1. The van der Waals surface area contributed by atoms with Crippen molar-refractivity contribution in [2.24, 2.45) is 0 Å². The zero-order chi connectivity index (χ0) is 15.5. The van der Waals surface area contributed by atoms with Gasteiger partial charge in [0.05, 0.1) is 0 Å². The van der Waals surface area contributed by atoms with E-state index < -0.39 is 0 Å². The maximum atomic E-state index is 12.5. The minimum absolute atomic E-state index is 0.115. The molecule has 4 nitrogen and oxygen atoms in total. The van der Waals surface area contributed by atoms with Gasteiger partial charge in [-0.25, -0.2) is 0 Å². The van der Waals surface area contributed by atoms with E-state index in [1.807, 2.05) is 53.4 Å². The van der Waals surface area contributed by atoms with Crippen LogP contribution in [0.5, 0.6) is 0 Å². The lowest BCUT2D eigenvalue weighted by Crippen LogP contribution is -2.49. The first kappa shape index (κ1) is 14.4. The number of carbonyl (C=O) groups excluding carboxylic acids is 1. The Morgan fingerprint density at radius 2 is 1.68 bits per heavy atom. The fourth-order valence-electron chi connectivity index (χ4n) is 2.88. The summed E-state index contributed by atoms with van der Waals surface area (Å²) in [6.07, 6.45) is 0. The minimum atomic E-state index is 0.115. The number of rotatable bonds is 2. The zero-order valence-electron chi connectivity index (χ0n) is 12.8. The number of amides is 1. The number of hydrogen-bond donors (Lipinski definition) is 1. The van der Waals surface area contributed by atoms with Gasteiger partial charge in [0.15, 0.2) is 0 Å². The summed E-state index contributed by atoms with van der Waals surface area (Å²) >= 11 is 0. The third kappa shape index (κ3) is 2.91. The predicted octanol–water partition coefficient (Wildman–Crippen LogP) is 2.54. The molecule has 1 aliphatic heterocycles. The first-order chi connectivity index (χ1) is 10.6. The van der Waals surface area contributed by atoms with E-state index in [2.05, 4.69) is 11.8 Å². The average molecular weight is 295 g/mol. The maximum Gasteiger partial charge on any atom is 0.253 e. The van der Waals surface area contributed by atoms with E-state index in [1.54, 1.807) is 0 Å². The normalized spacial score (nSPS) is 15.0. The Kier molecular flexibility index (Phi) is 4.00. The summed E-state index contributed by atoms with van der Waals surface area (Å²) in [5.74, 6) is 0.115. The van der Waals surface area contributed by atoms with Gasteiger partial charge in [0, 0.05) is 43.1 Å². The van der Waals surface area contributed by atoms with E-state index in [9.17, 15) is 4.79 Å². The van der Waals surface area contributed by atoms with Crippen molar-refractivity contribution in [2.75, 3.05) is 36.8 Å². The first-order valence-corrected chi connectivity index (χ1v) is 7.60. The van der Waals surface area contributed by atoms with Crippen molar-refractivity contribution >= 4 is 17.3 Å². The number of aryl methyl sites for hydroxylation is 1. The molecular weight excluding hydrogens is 274 g/mol. The Labute approximate surface area is 131 Å². The van der Waals surface area contributed by atoms with E-state index >= 15 is 0 Å². The van der Waals surface area contributed by atoms with Crippen LogP contribution in [-0.4, -0.2) is 37.0 Å². The van der Waals surface area contributed by atoms with Gasteiger partial charge >= 0.3 is 0 Å². The Bertz CT molecular complexity index is 661. The van der Waals surface area contributed by atoms with Crippen molar-refractivity contribution in [2.45, 2.75) is 6.92 Å². The monoisotopic (exact) mass is 295 g/mol. The second kappa shape index (κ2) is 6.10. The van der Waals surface area contributed by atoms with Crippen LogP contribution in [0.3, 0.4) is 0 Å². The zero-order valence-corrected chi connectivity index (χ0v) is 12.8. The summed E-state index contributed by atoms with van der Waals surface area (Å²) in [4.78, 5) is 16.7. The molecule has 0 atom stereocenters. The van der Waals surface area contributed by atoms with Crippen LogP contribution in [0.4, 0.5) is 11.4 Å². The molecule has 0 unspecified atom stereocenters. The SMILES string of the molecule is Cc1ccc(N)cc1N1CCN(C(=O)c2ccccc2)CC1. The van der Waals surface area contributed by atoms with Crippen molar-refractivity contribution in [1.82, 2.24) is 4.90 Å². The van der Waals surface area contributed by atoms with Gasteiger partial charge in [0.2, 0.25) is 0 Å². The van der Waals surface area contributed by atoms with Crippen molar-refractivity contribution in [3.05, 3.63) is 59.7 Å². The number of nitrogen functional groups attached to an aromatic ring is 1. The molecule has 2 aromatic rings. The number of anilines is 2. The molecule has 1 fully saturated rings. The van der Waals surface area contributed by atoms with E-state index in [0.29, 0.717) is 0 Å². The number of nitrogens with zero attached hydrogens (tertiary/aromatic N) is 2. The Balaban J connectivity index is 1.68. The van der Waals surface area contributed by atoms with Crippen molar-refractivity contribution in [3.8, 4) is 0 Å². The Morgan fingerprint density at radius 3 is 2.36 bits per heavy atom. The third-order valence-electron chi connectivity index (χ3n) is 4.16. The highest BCUT2D eigenvalue weighted by Gasteiger charge is 2.22. The van der Waals surface area contributed by atoms with E-state index in [1.165, 1.54) is 11.3 Å². The van der Waals surface area contributed by atoms with Crippen LogP contribution in [0.1, 0.15) is 15.9 Å². The van der Waals surface area contributed by atoms with Gasteiger partial charge in [-0.15, -0.1) is 0 Å². The van der Waals surface area contributed by atoms with Crippen molar-refractivity contribution < 1.29 is 4.79 Å². The summed E-state index contributed by atoms with van der Waals surface area (Å²) in [5.41, 5.74) is 9.83. The predicted molar refractivity (Wildman–Crippen MR) is 90.1 cm³/mol. The molecule has 1 saturated heterocycles. The van der Waals surface area contributed by atoms with Crippen LogP contribution in [0, 0.1) is 6.92 Å². The third-order valence-corrected chi connectivity index (χ3v) is 4.16. The number of benzene rings is 2. The van der Waals surface area contributed by atoms with Crippen LogP contribution in [0.2, 0.25) is 0 Å². The maximum absolute atomic E-state index is 12.5. The quantitative estimate of drug-likeness (QED) is 0.866. The summed E-state index contributed by atoms with van der Waals surface area (Å²) < 4.78 is 0. The van der Waals surface area contributed by atoms with Gasteiger partial charge in [-0.05, 0) is 36.8 Å². The molecule has 0 saturated carbocycles. The van der Waals surface area contributed by atoms with Gasteiger partial charge in [-0.3, -0.25) is 4.79 Å². The minimum Gasteiger partial charge on any atom is -0.399 e. The molecule has 0 radical (unpaired) electrons. The standard InChI is InChI=1S/C18H21N3O/c1-14-7-8-16(19)13-17(14)20-9-11-21(12-10-20)18(22)15-5-3-2-4-6-15/h2-8,13H,9-12,19H2,1H3. The number of nitrogens with two attached hydrogens (primary N) is 1. The molecule has 1 heterocycles. The van der Waals surface area contributed by atoms with Crippen molar-refractivity contribution in [3.63, 3.8) is 0 Å². The molecular formula is C18H21N3O. The molecule has 22 heavy (non-hydrogen) atoms. The van der Waals surface area contributed by atoms with Crippen LogP contribution in [-0.2, 0) is 0 Å². The molecule has 2 aromatic carbocycles. The Hall–Kier alpha value is -2.49. The van der Waals surface area contributed by atoms with E-state index in [4.69, 9.17) is 5.73 Å². The molecule has 0 aromatic heterocycles. The molecule has 3 rings (SSSR count). The van der Waals surface area contributed by atoms with Gasteiger partial charge in [0.1, 0.15) is 0 Å². The lowest BCUT2D eigenvalue weighted by Gasteiger charge is -2.37. The highest BCUT2D eigenvalue weighted by molar-refractivity contribution is 5.94. The van der Waals surface area contributed by atoms with E-state index in [-0.39, 0.29) is 5.91 Å². The molecule has 4 heteroatoms. The van der Waals surface area contributed by atoms with Gasteiger partial charge in [0.25, 0.3) is 5.91 Å². The summed E-state index contributed by atoms with van der Waals surface area (Å²) in [6, 6.07) is 15.5. The lowest BCUT2D eigenvalue weighted by molar-refractivity contribution is 0.0747. The number of piperazine rings is 1. The summed E-state index contributed by atoms with van der Waals surface area (Å²) in [6.45, 7) is 5.24. The molecule has 0 aliphatic carbocycles. The fourth-order valence-corrected chi connectivity index (χ4v) is 2.88. The molecule has 1 aliphatic rings. The second-order valence-electron chi connectivity index (χ2n) is 5.69. The molecule has 1 amide bonds. The molecule has 0 bridgehead atoms. The largest absolute Gasteiger partial charge is 0.399 e. The Morgan fingerprint density at radius 1 is 1.00 bits per heavy atom. The highest BCUT2D eigenvalue weighted by Crippen LogP contribution is 2.24. The summed E-state index contributed by atoms with van der Waals surface area (Å²) in [5, 5.41) is 0. The number of carbonyl (C=O) groups is 1. The second-order valence-corrected chi connectivity index (χ2v) is 5.69. The topological polar surface area (TPSA) is 49.6 Å². The number of hydrogen-bond acceptors (Lipinski definition) is 3. The van der Waals surface area contributed by atoms with Crippen LogP contribution in [0.25, 0.3) is 0 Å².